The zero-order chi connectivity index (χ0) is 10.3. The van der Waals surface area contributed by atoms with Gasteiger partial charge in [0.15, 0.2) is 0 Å². The molecule has 0 heterocycles. The average molecular weight is 181 g/mol. The zero-order valence-electron chi connectivity index (χ0n) is 9.48. The summed E-state index contributed by atoms with van der Waals surface area (Å²) < 4.78 is 0. The molecule has 13 heavy (non-hydrogen) atoms. The van der Waals surface area contributed by atoms with Gasteiger partial charge in [-0.1, -0.05) is 39.8 Å². The highest BCUT2D eigenvalue weighted by atomic mass is 14.7. The van der Waals surface area contributed by atoms with Crippen LogP contribution in [0, 0.1) is 16.7 Å². The van der Waals surface area contributed by atoms with E-state index < -0.39 is 0 Å². The van der Waals surface area contributed by atoms with E-state index in [9.17, 15) is 0 Å². The highest BCUT2D eigenvalue weighted by molar-refractivity contribution is 5.42. The van der Waals surface area contributed by atoms with Gasteiger partial charge in [-0.25, -0.2) is 0 Å². The maximum atomic E-state index is 5.60. The van der Waals surface area contributed by atoms with Crippen molar-refractivity contribution in [1.82, 2.24) is 0 Å². The first-order chi connectivity index (χ1) is 5.95. The Morgan fingerprint density at radius 2 is 2.00 bits per heavy atom. The van der Waals surface area contributed by atoms with Crippen LogP contribution in [0.2, 0.25) is 0 Å². The van der Waals surface area contributed by atoms with Crippen molar-refractivity contribution < 1.29 is 0 Å². The van der Waals surface area contributed by atoms with Gasteiger partial charge < -0.3 is 5.73 Å². The van der Waals surface area contributed by atoms with Crippen LogP contribution in [0.3, 0.4) is 0 Å². The van der Waals surface area contributed by atoms with Gasteiger partial charge in [-0.15, -0.1) is 0 Å². The standard InChI is InChI=1S/C12H23N/c1-6-11(4)10(3)12(11,5)9(2)7-8-13/h9H,3,6-8,13H2,1-2,4-5H3. The maximum Gasteiger partial charge on any atom is 0.000368 e. The summed E-state index contributed by atoms with van der Waals surface area (Å²) in [7, 11) is 0. The van der Waals surface area contributed by atoms with Crippen molar-refractivity contribution in [1.29, 1.82) is 0 Å². The topological polar surface area (TPSA) is 26.0 Å². The summed E-state index contributed by atoms with van der Waals surface area (Å²) in [6.45, 7) is 14.2. The minimum atomic E-state index is 0.348. The molecule has 0 bridgehead atoms. The van der Waals surface area contributed by atoms with Gasteiger partial charge in [-0.2, -0.15) is 0 Å². The molecular weight excluding hydrogens is 158 g/mol. The first-order valence-electron chi connectivity index (χ1n) is 5.35. The number of nitrogens with two attached hydrogens (primary N) is 1. The molecule has 1 rings (SSSR count). The van der Waals surface area contributed by atoms with E-state index >= 15 is 0 Å². The van der Waals surface area contributed by atoms with E-state index in [0.717, 1.165) is 13.0 Å². The van der Waals surface area contributed by atoms with Gasteiger partial charge in [-0.3, -0.25) is 0 Å². The molecule has 0 aliphatic heterocycles. The van der Waals surface area contributed by atoms with Crippen LogP contribution >= 0.6 is 0 Å². The van der Waals surface area contributed by atoms with E-state index in [2.05, 4.69) is 34.3 Å². The first-order valence-corrected chi connectivity index (χ1v) is 5.35. The predicted molar refractivity (Wildman–Crippen MR) is 58.5 cm³/mol. The summed E-state index contributed by atoms with van der Waals surface area (Å²) in [5.74, 6) is 0.676. The van der Waals surface area contributed by atoms with E-state index in [1.165, 1.54) is 12.0 Å². The van der Waals surface area contributed by atoms with Crippen LogP contribution in [0.25, 0.3) is 0 Å². The van der Waals surface area contributed by atoms with Crippen molar-refractivity contribution in [2.75, 3.05) is 6.54 Å². The highest BCUT2D eigenvalue weighted by Gasteiger charge is 2.65. The van der Waals surface area contributed by atoms with Crippen molar-refractivity contribution in [3.63, 3.8) is 0 Å². The second-order valence-electron chi connectivity index (χ2n) is 4.84. The van der Waals surface area contributed by atoms with Gasteiger partial charge in [0.05, 0.1) is 0 Å². The van der Waals surface area contributed by atoms with Gasteiger partial charge >= 0.3 is 0 Å². The number of rotatable bonds is 4. The van der Waals surface area contributed by atoms with Crippen molar-refractivity contribution in [2.45, 2.75) is 40.5 Å². The largest absolute Gasteiger partial charge is 0.330 e. The molecule has 0 aromatic heterocycles. The lowest BCUT2D eigenvalue weighted by Crippen LogP contribution is -2.19. The summed E-state index contributed by atoms with van der Waals surface area (Å²) in [5.41, 5.74) is 7.76. The van der Waals surface area contributed by atoms with Crippen LogP contribution in [-0.2, 0) is 0 Å². The van der Waals surface area contributed by atoms with Gasteiger partial charge in [-0.05, 0) is 30.7 Å². The molecule has 1 heteroatoms. The average Bonchev–Trinajstić information content (AvgIpc) is 2.55. The molecule has 0 amide bonds. The fraction of sp³-hybridized carbons (Fsp3) is 0.833. The molecule has 1 saturated carbocycles. The number of hydrogen-bond acceptors (Lipinski definition) is 1. The Kier molecular flexibility index (Phi) is 2.59. The molecule has 0 radical (unpaired) electrons. The van der Waals surface area contributed by atoms with Crippen LogP contribution in [-0.4, -0.2) is 6.54 Å². The van der Waals surface area contributed by atoms with Crippen LogP contribution in [0.15, 0.2) is 12.2 Å². The number of allylic oxidation sites excluding steroid dienone is 1. The molecule has 2 N–H and O–H groups in total. The Balaban J connectivity index is 2.76. The molecule has 3 atom stereocenters. The van der Waals surface area contributed by atoms with Gasteiger partial charge in [0.25, 0.3) is 0 Å². The van der Waals surface area contributed by atoms with Crippen LogP contribution in [0.4, 0.5) is 0 Å². The quantitative estimate of drug-likeness (QED) is 0.663. The summed E-state index contributed by atoms with van der Waals surface area (Å²) in [6, 6.07) is 0. The smallest absolute Gasteiger partial charge is 0.000368 e. The van der Waals surface area contributed by atoms with Gasteiger partial charge in [0.2, 0.25) is 0 Å². The Morgan fingerprint density at radius 1 is 1.46 bits per heavy atom. The third kappa shape index (κ3) is 1.17. The van der Waals surface area contributed by atoms with Crippen molar-refractivity contribution in [2.24, 2.45) is 22.5 Å². The molecule has 0 saturated heterocycles. The molecule has 76 valence electrons. The molecule has 0 spiro atoms. The Hall–Kier alpha value is -0.300. The van der Waals surface area contributed by atoms with Crippen LogP contribution < -0.4 is 5.73 Å². The molecule has 1 aliphatic rings. The number of hydrogen-bond donors (Lipinski definition) is 1. The SMILES string of the molecule is C=C1C(C)(CC)C1(C)C(C)CCN. The van der Waals surface area contributed by atoms with E-state index in [0.29, 0.717) is 16.7 Å². The maximum absolute atomic E-state index is 5.60. The Bertz CT molecular complexity index is 221. The summed E-state index contributed by atoms with van der Waals surface area (Å²) in [5, 5.41) is 0. The first kappa shape index (κ1) is 10.8. The summed E-state index contributed by atoms with van der Waals surface area (Å²) in [6.07, 6.45) is 2.32. The van der Waals surface area contributed by atoms with Crippen molar-refractivity contribution in [3.8, 4) is 0 Å². The van der Waals surface area contributed by atoms with E-state index in [-0.39, 0.29) is 0 Å². The summed E-state index contributed by atoms with van der Waals surface area (Å²) >= 11 is 0. The summed E-state index contributed by atoms with van der Waals surface area (Å²) in [4.78, 5) is 0. The zero-order valence-corrected chi connectivity index (χ0v) is 9.48. The van der Waals surface area contributed by atoms with Crippen LogP contribution in [0.1, 0.15) is 40.5 Å². The Morgan fingerprint density at radius 3 is 2.31 bits per heavy atom. The molecule has 0 aromatic rings. The fourth-order valence-electron chi connectivity index (χ4n) is 2.84. The van der Waals surface area contributed by atoms with Crippen LogP contribution in [0.5, 0.6) is 0 Å². The monoisotopic (exact) mass is 181 g/mol. The molecule has 1 aliphatic carbocycles. The minimum Gasteiger partial charge on any atom is -0.330 e. The fourth-order valence-corrected chi connectivity index (χ4v) is 2.84. The minimum absolute atomic E-state index is 0.348. The third-order valence-electron chi connectivity index (χ3n) is 4.67. The Labute approximate surface area is 82.4 Å². The molecular formula is C12H23N. The van der Waals surface area contributed by atoms with Crippen molar-refractivity contribution >= 4 is 0 Å². The van der Waals surface area contributed by atoms with Crippen molar-refractivity contribution in [3.05, 3.63) is 12.2 Å². The van der Waals surface area contributed by atoms with Gasteiger partial charge in [0, 0.05) is 5.41 Å². The lowest BCUT2D eigenvalue weighted by molar-refractivity contribution is 0.260. The third-order valence-corrected chi connectivity index (χ3v) is 4.67. The lowest BCUT2D eigenvalue weighted by atomic mass is 9.81. The van der Waals surface area contributed by atoms with E-state index in [1.807, 2.05) is 0 Å². The normalized spacial score (nSPS) is 40.5. The predicted octanol–water partition coefficient (Wildman–Crippen LogP) is 2.96. The molecule has 3 unspecified atom stereocenters. The van der Waals surface area contributed by atoms with E-state index in [1.54, 1.807) is 0 Å². The second-order valence-corrected chi connectivity index (χ2v) is 4.84. The molecule has 0 aromatic carbocycles. The second kappa shape index (κ2) is 3.13. The van der Waals surface area contributed by atoms with E-state index in [4.69, 9.17) is 5.73 Å². The molecule has 1 nitrogen and oxygen atoms in total. The molecule has 1 fully saturated rings. The van der Waals surface area contributed by atoms with Gasteiger partial charge in [0.1, 0.15) is 0 Å². The highest BCUT2D eigenvalue weighted by Crippen LogP contribution is 2.73. The lowest BCUT2D eigenvalue weighted by Gasteiger charge is -2.23.